The molecule has 0 saturated carbocycles. The van der Waals surface area contributed by atoms with Crippen LogP contribution in [0.1, 0.15) is 19.8 Å². The minimum atomic E-state index is -0.578. The molecule has 0 amide bonds. The third-order valence-corrected chi connectivity index (χ3v) is 2.30. The van der Waals surface area contributed by atoms with Crippen molar-refractivity contribution >= 4 is 17.6 Å². The lowest BCUT2D eigenvalue weighted by Gasteiger charge is -2.07. The second-order valence-electron chi connectivity index (χ2n) is 3.31. The van der Waals surface area contributed by atoms with E-state index in [1.54, 1.807) is 13.0 Å². The number of ether oxygens (including phenoxy) is 2. The zero-order valence-electron chi connectivity index (χ0n) is 9.54. The summed E-state index contributed by atoms with van der Waals surface area (Å²) in [5.41, 5.74) is 0. The molecule has 0 aromatic heterocycles. The molecular weight excluding hydrogens is 247 g/mol. The molecule has 0 heterocycles. The smallest absolute Gasteiger partial charge is 0.305 e. The van der Waals surface area contributed by atoms with E-state index in [9.17, 15) is 9.18 Å². The Morgan fingerprint density at radius 3 is 2.94 bits per heavy atom. The second kappa shape index (κ2) is 7.12. The molecule has 0 aliphatic heterocycles. The number of hydrogen-bond acceptors (Lipinski definition) is 3. The van der Waals surface area contributed by atoms with E-state index in [4.69, 9.17) is 21.1 Å². The van der Waals surface area contributed by atoms with Gasteiger partial charge in [-0.05, 0) is 25.5 Å². The van der Waals surface area contributed by atoms with Crippen molar-refractivity contribution in [3.8, 4) is 5.75 Å². The van der Waals surface area contributed by atoms with Gasteiger partial charge in [0.15, 0.2) is 11.6 Å². The Morgan fingerprint density at radius 2 is 2.24 bits per heavy atom. The molecule has 0 bridgehead atoms. The van der Waals surface area contributed by atoms with E-state index in [-0.39, 0.29) is 29.8 Å². The van der Waals surface area contributed by atoms with E-state index in [2.05, 4.69) is 0 Å². The van der Waals surface area contributed by atoms with Gasteiger partial charge in [-0.1, -0.05) is 17.7 Å². The van der Waals surface area contributed by atoms with E-state index in [0.717, 1.165) is 0 Å². The van der Waals surface area contributed by atoms with E-state index < -0.39 is 5.82 Å². The zero-order valence-corrected chi connectivity index (χ0v) is 10.3. The highest BCUT2D eigenvalue weighted by molar-refractivity contribution is 6.30. The minimum absolute atomic E-state index is 0.0212. The molecule has 17 heavy (non-hydrogen) atoms. The monoisotopic (exact) mass is 260 g/mol. The van der Waals surface area contributed by atoms with Crippen molar-refractivity contribution in [2.24, 2.45) is 0 Å². The predicted octanol–water partition coefficient (Wildman–Crippen LogP) is 3.20. The average Bonchev–Trinajstić information content (AvgIpc) is 2.30. The first kappa shape index (κ1) is 13.8. The van der Waals surface area contributed by atoms with Crippen LogP contribution in [0.5, 0.6) is 5.75 Å². The Bertz CT molecular complexity index is 382. The average molecular weight is 261 g/mol. The van der Waals surface area contributed by atoms with Crippen LogP contribution in [-0.4, -0.2) is 19.2 Å². The van der Waals surface area contributed by atoms with Gasteiger partial charge in [0.2, 0.25) is 0 Å². The van der Waals surface area contributed by atoms with E-state index >= 15 is 0 Å². The fraction of sp³-hybridized carbons (Fsp3) is 0.417. The predicted molar refractivity (Wildman–Crippen MR) is 62.8 cm³/mol. The number of carbonyl (C=O) groups is 1. The van der Waals surface area contributed by atoms with Crippen molar-refractivity contribution in [1.82, 2.24) is 0 Å². The number of esters is 1. The van der Waals surface area contributed by atoms with Crippen molar-refractivity contribution < 1.29 is 18.7 Å². The normalized spacial score (nSPS) is 10.1. The van der Waals surface area contributed by atoms with Crippen molar-refractivity contribution in [3.63, 3.8) is 0 Å². The molecule has 1 aromatic carbocycles. The molecule has 5 heteroatoms. The fourth-order valence-corrected chi connectivity index (χ4v) is 1.39. The summed E-state index contributed by atoms with van der Waals surface area (Å²) in [7, 11) is 0. The highest BCUT2D eigenvalue weighted by Crippen LogP contribution is 2.24. The van der Waals surface area contributed by atoms with Gasteiger partial charge in [-0.15, -0.1) is 0 Å². The van der Waals surface area contributed by atoms with Crippen LogP contribution in [0.3, 0.4) is 0 Å². The first-order valence-corrected chi connectivity index (χ1v) is 5.75. The molecule has 3 nitrogen and oxygen atoms in total. The summed E-state index contributed by atoms with van der Waals surface area (Å²) in [6, 6.07) is 4.54. The van der Waals surface area contributed by atoms with Crippen LogP contribution in [0, 0.1) is 5.82 Å². The Labute approximate surface area is 104 Å². The van der Waals surface area contributed by atoms with Gasteiger partial charge in [0.05, 0.1) is 18.2 Å². The molecule has 1 rings (SSSR count). The molecule has 0 spiro atoms. The Hall–Kier alpha value is -1.29. The van der Waals surface area contributed by atoms with Gasteiger partial charge in [0.25, 0.3) is 0 Å². The molecule has 0 saturated heterocycles. The molecule has 0 aliphatic rings. The maximum atomic E-state index is 13.4. The van der Waals surface area contributed by atoms with Gasteiger partial charge in [-0.3, -0.25) is 4.79 Å². The number of halogens is 2. The third-order valence-electron chi connectivity index (χ3n) is 2.00. The van der Waals surface area contributed by atoms with Crippen LogP contribution in [-0.2, 0) is 9.53 Å². The lowest BCUT2D eigenvalue weighted by molar-refractivity contribution is -0.143. The summed E-state index contributed by atoms with van der Waals surface area (Å²) in [4.78, 5) is 11.0. The molecule has 0 N–H and O–H groups in total. The number of hydrogen-bond donors (Lipinski definition) is 0. The minimum Gasteiger partial charge on any atom is -0.490 e. The van der Waals surface area contributed by atoms with E-state index in [0.29, 0.717) is 13.0 Å². The second-order valence-corrected chi connectivity index (χ2v) is 3.72. The molecule has 94 valence electrons. The summed E-state index contributed by atoms with van der Waals surface area (Å²) < 4.78 is 23.3. The summed E-state index contributed by atoms with van der Waals surface area (Å²) in [5, 5.41) is 0.0212. The summed E-state index contributed by atoms with van der Waals surface area (Å²) >= 11 is 5.59. The molecule has 0 atom stereocenters. The molecular formula is C12H14ClFO3. The quantitative estimate of drug-likeness (QED) is 0.582. The van der Waals surface area contributed by atoms with Gasteiger partial charge in [-0.2, -0.15) is 0 Å². The number of carbonyl (C=O) groups excluding carboxylic acids is 1. The first-order chi connectivity index (χ1) is 8.15. The highest BCUT2D eigenvalue weighted by atomic mass is 35.5. The van der Waals surface area contributed by atoms with Crippen molar-refractivity contribution in [1.29, 1.82) is 0 Å². The third kappa shape index (κ3) is 4.61. The van der Waals surface area contributed by atoms with Crippen LogP contribution in [0.15, 0.2) is 18.2 Å². The molecule has 0 radical (unpaired) electrons. The molecule has 0 fully saturated rings. The van der Waals surface area contributed by atoms with Crippen molar-refractivity contribution in [2.75, 3.05) is 13.2 Å². The van der Waals surface area contributed by atoms with Crippen LogP contribution in [0.2, 0.25) is 5.02 Å². The molecule has 0 aliphatic carbocycles. The topological polar surface area (TPSA) is 35.5 Å². The number of benzene rings is 1. The number of rotatable bonds is 6. The van der Waals surface area contributed by atoms with Crippen LogP contribution in [0.25, 0.3) is 0 Å². The van der Waals surface area contributed by atoms with Gasteiger partial charge in [-0.25, -0.2) is 4.39 Å². The van der Waals surface area contributed by atoms with Crippen molar-refractivity contribution in [2.45, 2.75) is 19.8 Å². The molecule has 0 unspecified atom stereocenters. The largest absolute Gasteiger partial charge is 0.490 e. The standard InChI is InChI=1S/C12H14ClFO3/c1-2-16-11(15)7-4-8-17-10-6-3-5-9(13)12(10)14/h3,5-6H,2,4,7-8H2,1H3. The summed E-state index contributed by atoms with van der Waals surface area (Å²) in [6.45, 7) is 2.36. The maximum Gasteiger partial charge on any atom is 0.305 e. The fourth-order valence-electron chi connectivity index (χ4n) is 1.23. The SMILES string of the molecule is CCOC(=O)CCCOc1cccc(Cl)c1F. The zero-order chi connectivity index (χ0) is 12.7. The highest BCUT2D eigenvalue weighted by Gasteiger charge is 2.07. The van der Waals surface area contributed by atoms with Gasteiger partial charge >= 0.3 is 5.97 Å². The Kier molecular flexibility index (Phi) is 5.77. The van der Waals surface area contributed by atoms with Crippen LogP contribution >= 0.6 is 11.6 Å². The van der Waals surface area contributed by atoms with Gasteiger partial charge in [0.1, 0.15) is 0 Å². The van der Waals surface area contributed by atoms with Gasteiger partial charge in [0, 0.05) is 6.42 Å². The first-order valence-electron chi connectivity index (χ1n) is 5.37. The van der Waals surface area contributed by atoms with Crippen LogP contribution < -0.4 is 4.74 Å². The van der Waals surface area contributed by atoms with E-state index in [1.165, 1.54) is 12.1 Å². The van der Waals surface area contributed by atoms with Crippen LogP contribution in [0.4, 0.5) is 4.39 Å². The summed E-state index contributed by atoms with van der Waals surface area (Å²) in [5.74, 6) is -0.755. The lowest BCUT2D eigenvalue weighted by Crippen LogP contribution is -2.07. The van der Waals surface area contributed by atoms with E-state index in [1.807, 2.05) is 0 Å². The molecule has 1 aromatic rings. The van der Waals surface area contributed by atoms with Crippen molar-refractivity contribution in [3.05, 3.63) is 29.0 Å². The van der Waals surface area contributed by atoms with Gasteiger partial charge < -0.3 is 9.47 Å². The maximum absolute atomic E-state index is 13.4. The lowest BCUT2D eigenvalue weighted by atomic mass is 10.3. The summed E-state index contributed by atoms with van der Waals surface area (Å²) in [6.07, 6.45) is 0.737. The Balaban J connectivity index is 2.31. The Morgan fingerprint density at radius 1 is 1.47 bits per heavy atom.